The number of rotatable bonds is 12. The fourth-order valence-corrected chi connectivity index (χ4v) is 5.18. The Kier molecular flexibility index (Phi) is 10.3. The maximum Gasteiger partial charge on any atom is 0.244 e. The highest BCUT2D eigenvalue weighted by Gasteiger charge is 2.33. The van der Waals surface area contributed by atoms with Gasteiger partial charge in [-0.3, -0.25) is 13.9 Å². The van der Waals surface area contributed by atoms with E-state index in [0.29, 0.717) is 12.3 Å². The summed E-state index contributed by atoms with van der Waals surface area (Å²) in [6.07, 6.45) is 1.31. The van der Waals surface area contributed by atoms with Crippen LogP contribution in [0, 0.1) is 0 Å². The first-order chi connectivity index (χ1) is 18.1. The lowest BCUT2D eigenvalue weighted by atomic mass is 10.0. The number of halogens is 1. The summed E-state index contributed by atoms with van der Waals surface area (Å²) in [4.78, 5) is 28.8. The van der Waals surface area contributed by atoms with E-state index in [0.717, 1.165) is 26.2 Å². The Labute approximate surface area is 232 Å². The Morgan fingerprint density at radius 2 is 1.58 bits per heavy atom. The largest absolute Gasteiger partial charge is 0.495 e. The smallest absolute Gasteiger partial charge is 0.244 e. The number of hydrogen-bond donors (Lipinski definition) is 1. The van der Waals surface area contributed by atoms with E-state index in [1.54, 1.807) is 24.3 Å². The molecule has 0 heterocycles. The lowest BCUT2D eigenvalue weighted by Gasteiger charge is -2.33. The fourth-order valence-electron chi connectivity index (χ4n) is 4.06. The Morgan fingerprint density at radius 3 is 2.18 bits per heavy atom. The monoisotopic (exact) mass is 601 g/mol. The van der Waals surface area contributed by atoms with Crippen LogP contribution in [-0.4, -0.2) is 57.6 Å². The minimum absolute atomic E-state index is 0.115. The third-order valence-corrected chi connectivity index (χ3v) is 7.58. The first-order valence-electron chi connectivity index (χ1n) is 12.1. The molecule has 0 aromatic heterocycles. The average Bonchev–Trinajstić information content (AvgIpc) is 2.90. The van der Waals surface area contributed by atoms with Crippen molar-refractivity contribution in [1.82, 2.24) is 10.2 Å². The van der Waals surface area contributed by atoms with Crippen molar-refractivity contribution >= 4 is 43.5 Å². The van der Waals surface area contributed by atoms with Gasteiger partial charge in [-0.25, -0.2) is 8.42 Å². The van der Waals surface area contributed by atoms with E-state index in [1.807, 2.05) is 61.5 Å². The zero-order valence-electron chi connectivity index (χ0n) is 21.6. The molecular formula is C28H32BrN3O5S. The molecule has 0 saturated heterocycles. The Bertz CT molecular complexity index is 1330. The number of para-hydroxylation sites is 2. The van der Waals surface area contributed by atoms with Crippen molar-refractivity contribution in [2.45, 2.75) is 25.9 Å². The highest BCUT2D eigenvalue weighted by atomic mass is 79.9. The molecule has 2 amide bonds. The molecule has 0 aliphatic rings. The molecule has 3 rings (SSSR count). The van der Waals surface area contributed by atoms with Gasteiger partial charge in [-0.15, -0.1) is 0 Å². The van der Waals surface area contributed by atoms with Crippen LogP contribution in [0.5, 0.6) is 5.75 Å². The average molecular weight is 603 g/mol. The number of benzene rings is 3. The molecule has 1 atom stereocenters. The molecule has 202 valence electrons. The molecular weight excluding hydrogens is 570 g/mol. The molecule has 3 aromatic rings. The van der Waals surface area contributed by atoms with Crippen molar-refractivity contribution in [2.75, 3.05) is 30.8 Å². The molecule has 0 bridgehead atoms. The number of carbonyl (C=O) groups is 2. The summed E-state index contributed by atoms with van der Waals surface area (Å²) in [5.41, 5.74) is 1.92. The van der Waals surface area contributed by atoms with E-state index in [1.165, 1.54) is 12.0 Å². The summed E-state index contributed by atoms with van der Waals surface area (Å²) in [6, 6.07) is 22.6. The van der Waals surface area contributed by atoms with Gasteiger partial charge in [0.25, 0.3) is 0 Å². The number of methoxy groups -OCH3 is 1. The van der Waals surface area contributed by atoms with Crippen LogP contribution < -0.4 is 14.4 Å². The first-order valence-corrected chi connectivity index (χ1v) is 14.7. The second-order valence-electron chi connectivity index (χ2n) is 8.69. The molecule has 0 aliphatic carbocycles. The van der Waals surface area contributed by atoms with Crippen LogP contribution in [0.25, 0.3) is 0 Å². The second-order valence-corrected chi connectivity index (χ2v) is 11.5. The predicted molar refractivity (Wildman–Crippen MR) is 152 cm³/mol. The predicted octanol–water partition coefficient (Wildman–Crippen LogP) is 4.00. The summed E-state index contributed by atoms with van der Waals surface area (Å²) < 4.78 is 33.0. The van der Waals surface area contributed by atoms with Gasteiger partial charge in [0.1, 0.15) is 18.3 Å². The molecule has 0 aliphatic heterocycles. The third-order valence-electron chi connectivity index (χ3n) is 5.92. The summed E-state index contributed by atoms with van der Waals surface area (Å²) in [7, 11) is -2.44. The third kappa shape index (κ3) is 7.82. The summed E-state index contributed by atoms with van der Waals surface area (Å²) in [5, 5.41) is 2.84. The van der Waals surface area contributed by atoms with Crippen molar-refractivity contribution in [2.24, 2.45) is 0 Å². The number of nitrogens with zero attached hydrogens (tertiary/aromatic N) is 2. The standard InChI is InChI=1S/C28H32BrN3O5S/c1-4-30-28(34)25(18-21-10-6-5-7-11-21)31(19-22-14-16-23(29)17-15-22)27(33)20-32(38(3,35)36)24-12-8-9-13-26(24)37-2/h5-17,25H,4,18-20H2,1-3H3,(H,30,34). The van der Waals surface area contributed by atoms with Crippen LogP contribution >= 0.6 is 15.9 Å². The maximum atomic E-state index is 14.0. The molecule has 10 heteroatoms. The molecule has 3 aromatic carbocycles. The summed E-state index contributed by atoms with van der Waals surface area (Å²) >= 11 is 3.42. The normalized spacial score (nSPS) is 11.9. The number of ether oxygens (including phenoxy) is 1. The molecule has 8 nitrogen and oxygen atoms in total. The topological polar surface area (TPSA) is 96.0 Å². The minimum Gasteiger partial charge on any atom is -0.495 e. The van der Waals surface area contributed by atoms with Crippen LogP contribution in [0.2, 0.25) is 0 Å². The SMILES string of the molecule is CCNC(=O)C(Cc1ccccc1)N(Cc1ccc(Br)cc1)C(=O)CN(c1ccccc1OC)S(C)(=O)=O. The van der Waals surface area contributed by atoms with Gasteiger partial charge in [-0.05, 0) is 42.3 Å². The van der Waals surface area contributed by atoms with Gasteiger partial charge in [0.15, 0.2) is 0 Å². The van der Waals surface area contributed by atoms with Crippen molar-refractivity contribution in [3.8, 4) is 5.75 Å². The van der Waals surface area contributed by atoms with E-state index in [4.69, 9.17) is 4.74 Å². The van der Waals surface area contributed by atoms with E-state index >= 15 is 0 Å². The Balaban J connectivity index is 2.05. The van der Waals surface area contributed by atoms with Gasteiger partial charge in [-0.1, -0.05) is 70.5 Å². The molecule has 1 N–H and O–H groups in total. The summed E-state index contributed by atoms with van der Waals surface area (Å²) in [5.74, 6) is -0.517. The fraction of sp³-hybridized carbons (Fsp3) is 0.286. The number of hydrogen-bond acceptors (Lipinski definition) is 5. The van der Waals surface area contributed by atoms with Gasteiger partial charge < -0.3 is 15.0 Å². The van der Waals surface area contributed by atoms with Crippen molar-refractivity contribution in [3.05, 3.63) is 94.5 Å². The lowest BCUT2D eigenvalue weighted by Crippen LogP contribution is -2.53. The molecule has 1 unspecified atom stereocenters. The maximum absolute atomic E-state index is 14.0. The highest BCUT2D eigenvalue weighted by Crippen LogP contribution is 2.30. The number of anilines is 1. The van der Waals surface area contributed by atoms with Crippen LogP contribution in [0.3, 0.4) is 0 Å². The number of amides is 2. The Hall–Kier alpha value is -3.37. The quantitative estimate of drug-likeness (QED) is 0.338. The zero-order valence-corrected chi connectivity index (χ0v) is 24.0. The number of nitrogens with one attached hydrogen (secondary N) is 1. The van der Waals surface area contributed by atoms with Gasteiger partial charge in [0.05, 0.1) is 19.1 Å². The second kappa shape index (κ2) is 13.4. The highest BCUT2D eigenvalue weighted by molar-refractivity contribution is 9.10. The van der Waals surface area contributed by atoms with E-state index in [9.17, 15) is 18.0 Å². The van der Waals surface area contributed by atoms with Gasteiger partial charge in [0.2, 0.25) is 21.8 Å². The number of likely N-dealkylation sites (N-methyl/N-ethyl adjacent to an activating group) is 1. The molecule has 0 radical (unpaired) electrons. The van der Waals surface area contributed by atoms with Gasteiger partial charge in [0, 0.05) is 24.0 Å². The van der Waals surface area contributed by atoms with Crippen LogP contribution in [0.1, 0.15) is 18.1 Å². The van der Waals surface area contributed by atoms with Crippen LogP contribution in [0.15, 0.2) is 83.3 Å². The van der Waals surface area contributed by atoms with Crippen LogP contribution in [-0.2, 0) is 32.6 Å². The van der Waals surface area contributed by atoms with Crippen molar-refractivity contribution in [1.29, 1.82) is 0 Å². The zero-order chi connectivity index (χ0) is 27.7. The number of carbonyl (C=O) groups excluding carboxylic acids is 2. The van der Waals surface area contributed by atoms with Crippen molar-refractivity contribution in [3.63, 3.8) is 0 Å². The minimum atomic E-state index is -3.87. The molecule has 0 saturated carbocycles. The van der Waals surface area contributed by atoms with Gasteiger partial charge in [-0.2, -0.15) is 0 Å². The lowest BCUT2D eigenvalue weighted by molar-refractivity contribution is -0.140. The van der Waals surface area contributed by atoms with E-state index in [2.05, 4.69) is 21.2 Å². The molecule has 38 heavy (non-hydrogen) atoms. The summed E-state index contributed by atoms with van der Waals surface area (Å²) in [6.45, 7) is 1.82. The van der Waals surface area contributed by atoms with Crippen molar-refractivity contribution < 1.29 is 22.7 Å². The molecule has 0 fully saturated rings. The molecule has 0 spiro atoms. The van der Waals surface area contributed by atoms with Gasteiger partial charge >= 0.3 is 0 Å². The number of sulfonamides is 1. The van der Waals surface area contributed by atoms with E-state index < -0.39 is 28.5 Å². The Morgan fingerprint density at radius 1 is 0.947 bits per heavy atom. The first kappa shape index (κ1) is 29.2. The van der Waals surface area contributed by atoms with Crippen LogP contribution in [0.4, 0.5) is 5.69 Å². The van der Waals surface area contributed by atoms with E-state index in [-0.39, 0.29) is 24.6 Å².